The first-order chi connectivity index (χ1) is 14.2. The molecule has 0 aliphatic carbocycles. The Bertz CT molecular complexity index is 472. The summed E-state index contributed by atoms with van der Waals surface area (Å²) in [6.45, 7) is 11.0. The molecular weight excluding hydrogens is 491 g/mol. The molecule has 6 nitrogen and oxygen atoms in total. The first-order valence-electron chi connectivity index (χ1n) is 12.2. The van der Waals surface area contributed by atoms with Crippen LogP contribution >= 0.6 is 24.0 Å². The summed E-state index contributed by atoms with van der Waals surface area (Å²) >= 11 is 0. The summed E-state index contributed by atoms with van der Waals surface area (Å²) in [6.07, 6.45) is 11.8. The van der Waals surface area contributed by atoms with Crippen LogP contribution in [0.4, 0.5) is 0 Å². The van der Waals surface area contributed by atoms with E-state index in [9.17, 15) is 0 Å². The fourth-order valence-corrected chi connectivity index (χ4v) is 4.70. The zero-order chi connectivity index (χ0) is 20.3. The van der Waals surface area contributed by atoms with E-state index in [1.165, 1.54) is 58.2 Å². The van der Waals surface area contributed by atoms with Crippen molar-refractivity contribution in [3.63, 3.8) is 0 Å². The molecule has 0 aromatic heterocycles. The Kier molecular flexibility index (Phi) is 12.9. The van der Waals surface area contributed by atoms with E-state index >= 15 is 0 Å². The Labute approximate surface area is 201 Å². The van der Waals surface area contributed by atoms with Gasteiger partial charge in [-0.05, 0) is 83.3 Å². The number of rotatable bonds is 8. The van der Waals surface area contributed by atoms with Gasteiger partial charge in [-0.1, -0.05) is 6.92 Å². The quantitative estimate of drug-likeness (QED) is 0.222. The van der Waals surface area contributed by atoms with Crippen LogP contribution in [0.25, 0.3) is 0 Å². The van der Waals surface area contributed by atoms with Crippen molar-refractivity contribution >= 4 is 29.9 Å². The number of hydrogen-bond acceptors (Lipinski definition) is 4. The van der Waals surface area contributed by atoms with Gasteiger partial charge in [-0.25, -0.2) is 0 Å². The van der Waals surface area contributed by atoms with Gasteiger partial charge >= 0.3 is 0 Å². The van der Waals surface area contributed by atoms with E-state index in [1.807, 2.05) is 7.05 Å². The van der Waals surface area contributed by atoms with Crippen LogP contribution in [-0.4, -0.2) is 87.5 Å². The van der Waals surface area contributed by atoms with Crippen molar-refractivity contribution in [3.05, 3.63) is 0 Å². The van der Waals surface area contributed by atoms with Gasteiger partial charge < -0.3 is 24.6 Å². The van der Waals surface area contributed by atoms with Gasteiger partial charge in [0.05, 0.1) is 18.8 Å². The summed E-state index contributed by atoms with van der Waals surface area (Å²) in [4.78, 5) is 9.54. The zero-order valence-electron chi connectivity index (χ0n) is 19.3. The number of hydrogen-bond donors (Lipinski definition) is 1. The molecule has 0 spiro atoms. The summed E-state index contributed by atoms with van der Waals surface area (Å²) < 4.78 is 11.9. The minimum Gasteiger partial charge on any atom is -0.376 e. The number of aliphatic imine (C=N–C) groups is 1. The zero-order valence-corrected chi connectivity index (χ0v) is 21.6. The second-order valence-corrected chi connectivity index (χ2v) is 9.21. The number of ether oxygens (including phenoxy) is 2. The maximum atomic E-state index is 6.14. The van der Waals surface area contributed by atoms with Crippen molar-refractivity contribution in [3.8, 4) is 0 Å². The molecule has 0 radical (unpaired) electrons. The minimum atomic E-state index is 0. The smallest absolute Gasteiger partial charge is 0.193 e. The molecule has 3 rings (SSSR count). The van der Waals surface area contributed by atoms with Crippen molar-refractivity contribution in [2.75, 3.05) is 59.5 Å². The minimum absolute atomic E-state index is 0. The van der Waals surface area contributed by atoms with Crippen molar-refractivity contribution in [1.29, 1.82) is 0 Å². The van der Waals surface area contributed by atoms with Crippen LogP contribution in [0.1, 0.15) is 64.7 Å². The number of piperidine rings is 2. The van der Waals surface area contributed by atoms with Gasteiger partial charge in [-0.2, -0.15) is 0 Å². The van der Waals surface area contributed by atoms with Crippen molar-refractivity contribution < 1.29 is 9.47 Å². The SMILES string of the molecule is CN=C(NCCCCN1CCC(C)CC1)N1CCC(OCC2CCCCO2)CC1.I. The van der Waals surface area contributed by atoms with E-state index in [0.29, 0.717) is 12.2 Å². The number of nitrogens with zero attached hydrogens (tertiary/aromatic N) is 3. The van der Waals surface area contributed by atoms with Gasteiger partial charge in [0.2, 0.25) is 0 Å². The van der Waals surface area contributed by atoms with Gasteiger partial charge in [0, 0.05) is 33.3 Å². The summed E-state index contributed by atoms with van der Waals surface area (Å²) in [5.41, 5.74) is 0. The fourth-order valence-electron chi connectivity index (χ4n) is 4.70. The first kappa shape index (κ1) is 26.1. The maximum absolute atomic E-state index is 6.14. The molecule has 3 saturated heterocycles. The second-order valence-electron chi connectivity index (χ2n) is 9.21. The Balaban J connectivity index is 0.00000320. The maximum Gasteiger partial charge on any atom is 0.193 e. The van der Waals surface area contributed by atoms with Crippen molar-refractivity contribution in [2.24, 2.45) is 10.9 Å². The highest BCUT2D eigenvalue weighted by molar-refractivity contribution is 14.0. The molecule has 0 saturated carbocycles. The monoisotopic (exact) mass is 536 g/mol. The molecule has 1 unspecified atom stereocenters. The fraction of sp³-hybridized carbons (Fsp3) is 0.957. The van der Waals surface area contributed by atoms with Crippen LogP contribution in [-0.2, 0) is 9.47 Å². The Morgan fingerprint density at radius 1 is 1.03 bits per heavy atom. The summed E-state index contributed by atoms with van der Waals surface area (Å²) in [5.74, 6) is 1.98. The van der Waals surface area contributed by atoms with Crippen LogP contribution in [0.15, 0.2) is 4.99 Å². The molecule has 0 amide bonds. The first-order valence-corrected chi connectivity index (χ1v) is 12.2. The number of halogens is 1. The number of nitrogens with one attached hydrogen (secondary N) is 1. The summed E-state index contributed by atoms with van der Waals surface area (Å²) in [6, 6.07) is 0. The third-order valence-corrected chi connectivity index (χ3v) is 6.81. The van der Waals surface area contributed by atoms with E-state index in [-0.39, 0.29) is 24.0 Å². The molecule has 176 valence electrons. The highest BCUT2D eigenvalue weighted by Crippen LogP contribution is 2.18. The van der Waals surface area contributed by atoms with E-state index in [1.54, 1.807) is 0 Å². The van der Waals surface area contributed by atoms with E-state index in [0.717, 1.165) is 64.0 Å². The Hall–Kier alpha value is -0.120. The molecule has 3 fully saturated rings. The Morgan fingerprint density at radius 2 is 1.80 bits per heavy atom. The van der Waals surface area contributed by atoms with Crippen LogP contribution in [0.2, 0.25) is 0 Å². The molecule has 0 aromatic rings. The van der Waals surface area contributed by atoms with E-state index in [4.69, 9.17) is 9.47 Å². The highest BCUT2D eigenvalue weighted by Gasteiger charge is 2.23. The average Bonchev–Trinajstić information content (AvgIpc) is 2.77. The summed E-state index contributed by atoms with van der Waals surface area (Å²) in [7, 11) is 1.90. The highest BCUT2D eigenvalue weighted by atomic mass is 127. The lowest BCUT2D eigenvalue weighted by molar-refractivity contribution is -0.0721. The molecule has 3 aliphatic rings. The largest absolute Gasteiger partial charge is 0.376 e. The molecule has 0 bridgehead atoms. The summed E-state index contributed by atoms with van der Waals surface area (Å²) in [5, 5.41) is 3.58. The predicted molar refractivity (Wildman–Crippen MR) is 135 cm³/mol. The van der Waals surface area contributed by atoms with Crippen LogP contribution in [0.5, 0.6) is 0 Å². The normalized spacial score (nSPS) is 25.2. The van der Waals surface area contributed by atoms with Crippen LogP contribution in [0, 0.1) is 5.92 Å². The van der Waals surface area contributed by atoms with Crippen molar-refractivity contribution in [2.45, 2.75) is 76.9 Å². The lowest BCUT2D eigenvalue weighted by Gasteiger charge is -2.35. The molecule has 7 heteroatoms. The number of guanidine groups is 1. The van der Waals surface area contributed by atoms with E-state index < -0.39 is 0 Å². The van der Waals surface area contributed by atoms with Gasteiger partial charge in [-0.3, -0.25) is 4.99 Å². The molecule has 0 aromatic carbocycles. The molecule has 1 atom stereocenters. The van der Waals surface area contributed by atoms with Gasteiger partial charge in [-0.15, -0.1) is 24.0 Å². The van der Waals surface area contributed by atoms with E-state index in [2.05, 4.69) is 27.0 Å². The van der Waals surface area contributed by atoms with Gasteiger partial charge in [0.25, 0.3) is 0 Å². The molecule has 30 heavy (non-hydrogen) atoms. The topological polar surface area (TPSA) is 49.3 Å². The third kappa shape index (κ3) is 9.17. The van der Waals surface area contributed by atoms with Crippen molar-refractivity contribution in [1.82, 2.24) is 15.1 Å². The molecule has 1 N–H and O–H groups in total. The molecular formula is C23H45IN4O2. The van der Waals surface area contributed by atoms with Gasteiger partial charge in [0.1, 0.15) is 0 Å². The van der Waals surface area contributed by atoms with Gasteiger partial charge in [0.15, 0.2) is 5.96 Å². The predicted octanol–water partition coefficient (Wildman–Crippen LogP) is 3.74. The number of unbranched alkanes of at least 4 members (excludes halogenated alkanes) is 1. The third-order valence-electron chi connectivity index (χ3n) is 6.81. The molecule has 3 heterocycles. The number of likely N-dealkylation sites (tertiary alicyclic amines) is 2. The standard InChI is InChI=1S/C23H44N4O2.HI/c1-20-8-14-26(15-9-20)13-5-4-12-25-23(24-2)27-16-10-21(11-17-27)29-19-22-7-3-6-18-28-22;/h20-22H,3-19H2,1-2H3,(H,24,25);1H. The van der Waals surface area contributed by atoms with Crippen LogP contribution in [0.3, 0.4) is 0 Å². The lowest BCUT2D eigenvalue weighted by atomic mass is 9.99. The molecule has 3 aliphatic heterocycles. The Morgan fingerprint density at radius 3 is 2.47 bits per heavy atom. The second kappa shape index (κ2) is 14.9. The average molecular weight is 537 g/mol. The lowest BCUT2D eigenvalue weighted by Crippen LogP contribution is -2.47. The van der Waals surface area contributed by atoms with Crippen LogP contribution < -0.4 is 5.32 Å².